The van der Waals surface area contributed by atoms with E-state index >= 15 is 0 Å². The van der Waals surface area contributed by atoms with Crippen LogP contribution in [0.25, 0.3) is 0 Å². The van der Waals surface area contributed by atoms with Crippen molar-refractivity contribution in [3.05, 3.63) is 9.35 Å². The van der Waals surface area contributed by atoms with Gasteiger partial charge >= 0.3 is 30.8 Å². The first-order valence-electron chi connectivity index (χ1n) is 1.12. The number of hydrogen-bond acceptors (Lipinski definition) is 1. The Morgan fingerprint density at radius 1 is 2.00 bits per heavy atom. The van der Waals surface area contributed by atoms with Gasteiger partial charge in [0.05, 0.1) is 0 Å². The average Bonchev–Trinajstić information content (AvgIpc) is 1.75. The van der Waals surface area contributed by atoms with Crippen LogP contribution in [0.2, 0.25) is 0 Å². The van der Waals surface area contributed by atoms with E-state index in [1.165, 1.54) is 4.48 Å². The summed E-state index contributed by atoms with van der Waals surface area (Å²) in [5.41, 5.74) is 5.14. The second-order valence-corrected chi connectivity index (χ2v) is 3.17. The van der Waals surface area contributed by atoms with Crippen molar-refractivity contribution < 1.29 is 0 Å². The van der Waals surface area contributed by atoms with Crippen LogP contribution in [0.4, 0.5) is 0 Å². The Kier molecular flexibility index (Phi) is 0.307. The first-order valence-corrected chi connectivity index (χ1v) is 3.38. The Bertz CT molecular complexity index is 57.1. The van der Waals surface area contributed by atoms with Gasteiger partial charge in [-0.25, -0.2) is 0 Å². The standard InChI is InChI=1S/C2H4AsN/c4-2-1-3-2/h1,3H,4H2. The zero-order chi connectivity index (χ0) is 2.99. The SMILES string of the molecule is NC1=C[AsH]1. The summed E-state index contributed by atoms with van der Waals surface area (Å²) in [7, 11) is 0. The first kappa shape index (κ1) is 2.34. The van der Waals surface area contributed by atoms with Crippen molar-refractivity contribution in [2.24, 2.45) is 5.73 Å². The van der Waals surface area contributed by atoms with E-state index in [4.69, 9.17) is 5.73 Å². The van der Waals surface area contributed by atoms with Crippen LogP contribution in [0, 0.1) is 0 Å². The van der Waals surface area contributed by atoms with Crippen molar-refractivity contribution in [2.75, 3.05) is 0 Å². The molecule has 0 aromatic carbocycles. The predicted octanol–water partition coefficient (Wildman–Crippen LogP) is -0.806. The molecule has 0 saturated carbocycles. The van der Waals surface area contributed by atoms with Crippen molar-refractivity contribution in [3.8, 4) is 0 Å². The van der Waals surface area contributed by atoms with Gasteiger partial charge in [0.25, 0.3) is 0 Å². The number of nitrogens with two attached hydrogens (primary N) is 1. The molecule has 2 N–H and O–H groups in total. The molecule has 0 saturated heterocycles. The Balaban J connectivity index is 2.54. The number of rotatable bonds is 0. The molecule has 1 unspecified atom stereocenters. The normalized spacial score (nSPS) is 25.5. The van der Waals surface area contributed by atoms with E-state index in [0.29, 0.717) is 0 Å². The van der Waals surface area contributed by atoms with Gasteiger partial charge in [-0.3, -0.25) is 0 Å². The van der Waals surface area contributed by atoms with Crippen LogP contribution in [0.5, 0.6) is 0 Å². The second-order valence-electron chi connectivity index (χ2n) is 0.744. The molecule has 22 valence electrons. The van der Waals surface area contributed by atoms with Crippen LogP contribution in [0.3, 0.4) is 0 Å². The Morgan fingerprint density at radius 2 is 2.25 bits per heavy atom. The van der Waals surface area contributed by atoms with E-state index in [9.17, 15) is 0 Å². The average molecular weight is 117 g/mol. The summed E-state index contributed by atoms with van der Waals surface area (Å²) in [6.07, 6.45) is 0. The van der Waals surface area contributed by atoms with Gasteiger partial charge in [-0.1, -0.05) is 0 Å². The molecule has 0 radical (unpaired) electrons. The first-order chi connectivity index (χ1) is 1.89. The number of hydrogen-bond donors (Lipinski definition) is 1. The van der Waals surface area contributed by atoms with Gasteiger partial charge in [-0.2, -0.15) is 0 Å². The van der Waals surface area contributed by atoms with E-state index in [1.54, 1.807) is 0 Å². The Hall–Kier alpha value is 0.0984. The maximum absolute atomic E-state index is 5.14. The van der Waals surface area contributed by atoms with Gasteiger partial charge in [0.15, 0.2) is 0 Å². The minimum atomic E-state index is 0.250. The molecule has 0 aliphatic carbocycles. The Labute approximate surface area is 31.6 Å². The van der Waals surface area contributed by atoms with Crippen molar-refractivity contribution in [1.82, 2.24) is 0 Å². The van der Waals surface area contributed by atoms with E-state index < -0.39 is 0 Å². The summed E-state index contributed by atoms with van der Waals surface area (Å²) in [6, 6.07) is 0. The van der Waals surface area contributed by atoms with Crippen LogP contribution in [0.1, 0.15) is 0 Å². The topological polar surface area (TPSA) is 26.0 Å². The van der Waals surface area contributed by atoms with E-state index in [-0.39, 0.29) is 15.8 Å². The van der Waals surface area contributed by atoms with Gasteiger partial charge < -0.3 is 0 Å². The van der Waals surface area contributed by atoms with Crippen LogP contribution >= 0.6 is 0 Å². The fraction of sp³-hybridized carbons (Fsp3) is 0. The summed E-state index contributed by atoms with van der Waals surface area (Å²) in [5.74, 6) is 0. The molecular formula is C2H4AsN. The molecule has 1 aliphatic heterocycles. The van der Waals surface area contributed by atoms with E-state index in [0.717, 1.165) is 0 Å². The molecule has 0 bridgehead atoms. The maximum atomic E-state index is 5.14. The van der Waals surface area contributed by atoms with E-state index in [1.807, 2.05) is 0 Å². The molecule has 0 aromatic heterocycles. The summed E-state index contributed by atoms with van der Waals surface area (Å²) >= 11 is 0.250. The second kappa shape index (κ2) is 0.525. The van der Waals surface area contributed by atoms with Gasteiger partial charge in [0, 0.05) is 0 Å². The molecule has 0 aromatic rings. The van der Waals surface area contributed by atoms with Crippen molar-refractivity contribution >= 4 is 15.8 Å². The van der Waals surface area contributed by atoms with Gasteiger partial charge in [-0.05, 0) is 0 Å². The molecule has 0 fully saturated rings. The molecule has 2 heteroatoms. The monoisotopic (exact) mass is 117 g/mol. The third-order valence-corrected chi connectivity index (χ3v) is 1.62. The van der Waals surface area contributed by atoms with E-state index in [2.05, 4.69) is 4.86 Å². The zero-order valence-corrected chi connectivity index (χ0v) is 4.25. The molecule has 1 nitrogen and oxygen atoms in total. The third-order valence-electron chi connectivity index (χ3n) is 0.311. The van der Waals surface area contributed by atoms with Gasteiger partial charge in [0.2, 0.25) is 0 Å². The van der Waals surface area contributed by atoms with Crippen LogP contribution < -0.4 is 5.73 Å². The molecular weight excluding hydrogens is 113 g/mol. The molecule has 0 spiro atoms. The Morgan fingerprint density at radius 3 is 2.25 bits per heavy atom. The summed E-state index contributed by atoms with van der Waals surface area (Å²) < 4.78 is 1.17. The van der Waals surface area contributed by atoms with Crippen LogP contribution in [-0.2, 0) is 0 Å². The van der Waals surface area contributed by atoms with Crippen molar-refractivity contribution in [1.29, 1.82) is 0 Å². The molecule has 0 amide bonds. The van der Waals surface area contributed by atoms with Crippen molar-refractivity contribution in [3.63, 3.8) is 0 Å². The van der Waals surface area contributed by atoms with Gasteiger partial charge in [0.1, 0.15) is 0 Å². The zero-order valence-electron chi connectivity index (χ0n) is 2.15. The van der Waals surface area contributed by atoms with Crippen LogP contribution in [-0.4, -0.2) is 15.8 Å². The predicted molar refractivity (Wildman–Crippen MR) is 19.4 cm³/mol. The summed E-state index contributed by atoms with van der Waals surface area (Å²) in [4.78, 5) is 2.11. The molecule has 1 rings (SSSR count). The summed E-state index contributed by atoms with van der Waals surface area (Å²) in [5, 5.41) is 0. The summed E-state index contributed by atoms with van der Waals surface area (Å²) in [6.45, 7) is 0. The van der Waals surface area contributed by atoms with Crippen LogP contribution in [0.15, 0.2) is 9.35 Å². The van der Waals surface area contributed by atoms with Crippen molar-refractivity contribution in [2.45, 2.75) is 0 Å². The molecule has 1 heterocycles. The minimum absolute atomic E-state index is 0.250. The van der Waals surface area contributed by atoms with Gasteiger partial charge in [-0.15, -0.1) is 0 Å². The molecule has 1 atom stereocenters. The third kappa shape index (κ3) is 0.264. The fourth-order valence-corrected chi connectivity index (χ4v) is 0.217. The molecule has 1 aliphatic rings. The molecule has 4 heavy (non-hydrogen) atoms. The quantitative estimate of drug-likeness (QED) is 0.413. The fourth-order valence-electron chi connectivity index (χ4n) is 0.0417.